The first-order chi connectivity index (χ1) is 27.8. The summed E-state index contributed by atoms with van der Waals surface area (Å²) in [5.74, 6) is 0. The molecule has 0 amide bonds. The number of hydrogen-bond acceptors (Lipinski definition) is 3. The Morgan fingerprint density at radius 3 is 1.54 bits per heavy atom. The molecule has 4 heteroatoms. The number of aromatic nitrogens is 3. The molecule has 56 heavy (non-hydrogen) atoms. The van der Waals surface area contributed by atoms with Gasteiger partial charge in [-0.2, -0.15) is 0 Å². The summed E-state index contributed by atoms with van der Waals surface area (Å²) in [6.07, 6.45) is 1.91. The maximum atomic E-state index is 5.21. The van der Waals surface area contributed by atoms with Gasteiger partial charge in [-0.3, -0.25) is 4.98 Å². The first-order valence-corrected chi connectivity index (χ1v) is 19.0. The van der Waals surface area contributed by atoms with Crippen LogP contribution in [-0.4, -0.2) is 14.5 Å². The average Bonchev–Trinajstić information content (AvgIpc) is 3.62. The van der Waals surface area contributed by atoms with E-state index in [1.165, 1.54) is 32.6 Å². The van der Waals surface area contributed by atoms with Crippen molar-refractivity contribution in [2.75, 3.05) is 4.90 Å². The highest BCUT2D eigenvalue weighted by atomic mass is 15.1. The fourth-order valence-corrected chi connectivity index (χ4v) is 8.40. The van der Waals surface area contributed by atoms with Crippen molar-refractivity contribution in [3.05, 3.63) is 206 Å². The van der Waals surface area contributed by atoms with Gasteiger partial charge in [0.25, 0.3) is 0 Å². The molecule has 0 aliphatic heterocycles. The molecule has 2 aromatic heterocycles. The predicted octanol–water partition coefficient (Wildman–Crippen LogP) is 13.8. The first-order valence-electron chi connectivity index (χ1n) is 19.0. The van der Waals surface area contributed by atoms with Crippen LogP contribution in [0.3, 0.4) is 0 Å². The molecular weight excluding hydrogens is 681 g/mol. The van der Waals surface area contributed by atoms with Crippen LogP contribution in [-0.2, 0) is 0 Å². The van der Waals surface area contributed by atoms with Gasteiger partial charge in [0, 0.05) is 49.9 Å². The highest BCUT2D eigenvalue weighted by Gasteiger charge is 2.17. The van der Waals surface area contributed by atoms with Gasteiger partial charge >= 0.3 is 0 Å². The van der Waals surface area contributed by atoms with E-state index in [0.29, 0.717) is 0 Å². The van der Waals surface area contributed by atoms with E-state index in [-0.39, 0.29) is 0 Å². The second kappa shape index (κ2) is 13.1. The average molecular weight is 715 g/mol. The minimum Gasteiger partial charge on any atom is -0.310 e. The second-order valence-corrected chi connectivity index (χ2v) is 14.2. The first kappa shape index (κ1) is 31.9. The van der Waals surface area contributed by atoms with E-state index in [0.717, 1.165) is 66.9 Å². The van der Waals surface area contributed by atoms with Crippen LogP contribution in [0.5, 0.6) is 0 Å². The van der Waals surface area contributed by atoms with Crippen LogP contribution < -0.4 is 4.90 Å². The van der Waals surface area contributed by atoms with Gasteiger partial charge in [0.1, 0.15) is 0 Å². The maximum Gasteiger partial charge on any atom is 0.0979 e. The minimum atomic E-state index is 0.859. The van der Waals surface area contributed by atoms with Crippen molar-refractivity contribution >= 4 is 71.4 Å². The van der Waals surface area contributed by atoms with Gasteiger partial charge in [-0.25, -0.2) is 4.98 Å². The third-order valence-corrected chi connectivity index (χ3v) is 11.0. The Labute approximate surface area is 324 Å². The van der Waals surface area contributed by atoms with Gasteiger partial charge in [-0.05, 0) is 82.6 Å². The van der Waals surface area contributed by atoms with Crippen LogP contribution in [0.25, 0.3) is 82.5 Å². The molecule has 0 fully saturated rings. The quantitative estimate of drug-likeness (QED) is 0.161. The van der Waals surface area contributed by atoms with Crippen molar-refractivity contribution in [2.45, 2.75) is 0 Å². The van der Waals surface area contributed by atoms with Crippen LogP contribution in [0.15, 0.2) is 206 Å². The highest BCUT2D eigenvalue weighted by molar-refractivity contribution is 6.23. The molecule has 0 spiro atoms. The zero-order chi connectivity index (χ0) is 37.0. The Morgan fingerprint density at radius 2 is 0.875 bits per heavy atom. The van der Waals surface area contributed by atoms with Crippen LogP contribution in [0, 0.1) is 0 Å². The molecule has 2 heterocycles. The van der Waals surface area contributed by atoms with Crippen LogP contribution in [0.1, 0.15) is 0 Å². The van der Waals surface area contributed by atoms with Crippen molar-refractivity contribution in [1.82, 2.24) is 14.5 Å². The minimum absolute atomic E-state index is 0.859. The number of fused-ring (bicyclic) bond motifs is 9. The molecule has 9 aromatic carbocycles. The molecule has 0 radical (unpaired) electrons. The summed E-state index contributed by atoms with van der Waals surface area (Å²) in [5, 5.41) is 7.16. The summed E-state index contributed by atoms with van der Waals surface area (Å²) in [6, 6.07) is 71.2. The number of nitrogens with zero attached hydrogens (tertiary/aromatic N) is 4. The smallest absolute Gasteiger partial charge is 0.0979 e. The Bertz CT molecular complexity index is 3150. The van der Waals surface area contributed by atoms with Crippen LogP contribution >= 0.6 is 0 Å². The summed E-state index contributed by atoms with van der Waals surface area (Å²) < 4.78 is 2.36. The van der Waals surface area contributed by atoms with E-state index in [4.69, 9.17) is 9.97 Å². The second-order valence-electron chi connectivity index (χ2n) is 14.2. The molecule has 0 N–H and O–H groups in total. The van der Waals surface area contributed by atoms with E-state index in [1.54, 1.807) is 0 Å². The van der Waals surface area contributed by atoms with Crippen molar-refractivity contribution < 1.29 is 0 Å². The Kier molecular flexibility index (Phi) is 7.46. The van der Waals surface area contributed by atoms with Gasteiger partial charge in [0.2, 0.25) is 0 Å². The third kappa shape index (κ3) is 5.23. The molecule has 0 bridgehead atoms. The molecule has 0 saturated heterocycles. The lowest BCUT2D eigenvalue weighted by Crippen LogP contribution is -2.10. The van der Waals surface area contributed by atoms with Crippen molar-refractivity contribution in [3.63, 3.8) is 0 Å². The van der Waals surface area contributed by atoms with Crippen molar-refractivity contribution in [3.8, 4) is 28.1 Å². The van der Waals surface area contributed by atoms with E-state index in [1.807, 2.05) is 6.20 Å². The lowest BCUT2D eigenvalue weighted by atomic mass is 9.99. The monoisotopic (exact) mass is 714 g/mol. The molecule has 0 saturated carbocycles. The Hall–Kier alpha value is -7.56. The molecule has 262 valence electrons. The SMILES string of the molecule is c1ccc(N(c2ccc(-n3c4ccccc4c4ccccc43)cc2)c2cccc(-c3ccc(-c4cnc5c6ccccc6c6ccccc6c5n4)cc3)c2)cc1. The molecular formula is C52H34N4. The number of para-hydroxylation sites is 3. The maximum absolute atomic E-state index is 5.21. The number of benzene rings is 9. The lowest BCUT2D eigenvalue weighted by molar-refractivity contribution is 1.17. The summed E-state index contributed by atoms with van der Waals surface area (Å²) in [6.45, 7) is 0. The number of hydrogen-bond donors (Lipinski definition) is 0. The number of rotatable bonds is 6. The molecule has 0 aliphatic carbocycles. The molecule has 11 rings (SSSR count). The molecule has 4 nitrogen and oxygen atoms in total. The topological polar surface area (TPSA) is 34.0 Å². The predicted molar refractivity (Wildman–Crippen MR) is 234 cm³/mol. The highest BCUT2D eigenvalue weighted by Crippen LogP contribution is 2.39. The van der Waals surface area contributed by atoms with Crippen LogP contribution in [0.4, 0.5) is 17.1 Å². The molecule has 0 unspecified atom stereocenters. The van der Waals surface area contributed by atoms with Crippen LogP contribution in [0.2, 0.25) is 0 Å². The summed E-state index contributed by atoms with van der Waals surface area (Å²) in [5.41, 5.74) is 12.8. The van der Waals surface area contributed by atoms with E-state index in [2.05, 4.69) is 210 Å². The fraction of sp³-hybridized carbons (Fsp3) is 0. The van der Waals surface area contributed by atoms with E-state index in [9.17, 15) is 0 Å². The molecule has 0 aliphatic rings. The van der Waals surface area contributed by atoms with Gasteiger partial charge < -0.3 is 9.47 Å². The van der Waals surface area contributed by atoms with Gasteiger partial charge in [0.05, 0.1) is 34.0 Å². The van der Waals surface area contributed by atoms with Crippen molar-refractivity contribution in [2.24, 2.45) is 0 Å². The molecule has 0 atom stereocenters. The summed E-state index contributed by atoms with van der Waals surface area (Å²) >= 11 is 0. The summed E-state index contributed by atoms with van der Waals surface area (Å²) in [4.78, 5) is 12.5. The Morgan fingerprint density at radius 1 is 0.357 bits per heavy atom. The largest absolute Gasteiger partial charge is 0.310 e. The van der Waals surface area contributed by atoms with Gasteiger partial charge in [0.15, 0.2) is 0 Å². The fourth-order valence-electron chi connectivity index (χ4n) is 8.40. The standard InChI is InChI=1S/C52H34N4/c1-2-14-38(15-3-1)55(39-29-31-40(32-30-39)56-49-23-10-8-19-44(49)45-20-9-11-24-50(45)56)41-16-12-13-37(33-41)35-25-27-36(28-26-35)48-34-53-51-46-21-6-4-17-42(46)43-18-5-7-22-47(43)52(51)54-48/h1-34H. The van der Waals surface area contributed by atoms with Gasteiger partial charge in [-0.1, -0.05) is 140 Å². The van der Waals surface area contributed by atoms with Gasteiger partial charge in [-0.15, -0.1) is 0 Å². The van der Waals surface area contributed by atoms with E-state index >= 15 is 0 Å². The lowest BCUT2D eigenvalue weighted by Gasteiger charge is -2.26. The Balaban J connectivity index is 0.951. The van der Waals surface area contributed by atoms with E-state index < -0.39 is 0 Å². The summed E-state index contributed by atoms with van der Waals surface area (Å²) in [7, 11) is 0. The van der Waals surface area contributed by atoms with Crippen molar-refractivity contribution in [1.29, 1.82) is 0 Å². The normalized spacial score (nSPS) is 11.6. The molecule has 11 aromatic rings. The zero-order valence-electron chi connectivity index (χ0n) is 30.4. The third-order valence-electron chi connectivity index (χ3n) is 11.0. The zero-order valence-corrected chi connectivity index (χ0v) is 30.4. The number of anilines is 3.